The van der Waals surface area contributed by atoms with E-state index in [-0.39, 0.29) is 5.91 Å². The molecule has 2 heterocycles. The van der Waals surface area contributed by atoms with E-state index in [1.54, 1.807) is 7.05 Å². The van der Waals surface area contributed by atoms with Crippen LogP contribution in [-0.2, 0) is 4.79 Å². The smallest absolute Gasteiger partial charge is 0.248 e. The Labute approximate surface area is 84.6 Å². The molecule has 3 nitrogen and oxygen atoms in total. The molecule has 1 aromatic rings. The Morgan fingerprint density at radius 2 is 2.38 bits per heavy atom. The number of amides is 1. The summed E-state index contributed by atoms with van der Waals surface area (Å²) >= 11 is 7.22. The van der Waals surface area contributed by atoms with Crippen LogP contribution < -0.4 is 0 Å². The molecule has 0 atom stereocenters. The Morgan fingerprint density at radius 1 is 1.62 bits per heavy atom. The topological polar surface area (TPSA) is 32.7 Å². The van der Waals surface area contributed by atoms with Crippen LogP contribution in [0.3, 0.4) is 0 Å². The summed E-state index contributed by atoms with van der Waals surface area (Å²) in [6, 6.07) is 3.70. The zero-order chi connectivity index (χ0) is 9.42. The van der Waals surface area contributed by atoms with E-state index in [2.05, 4.69) is 5.10 Å². The second-order valence-electron chi connectivity index (χ2n) is 2.74. The molecule has 0 aromatic carbocycles. The van der Waals surface area contributed by atoms with Gasteiger partial charge in [-0.1, -0.05) is 11.6 Å². The second kappa shape index (κ2) is 3.12. The van der Waals surface area contributed by atoms with Gasteiger partial charge in [0.2, 0.25) is 5.91 Å². The third-order valence-electron chi connectivity index (χ3n) is 1.81. The zero-order valence-corrected chi connectivity index (χ0v) is 8.52. The highest BCUT2D eigenvalue weighted by molar-refractivity contribution is 7.18. The Bertz CT molecular complexity index is 385. The molecule has 1 aromatic heterocycles. The number of carbonyl (C=O) groups is 1. The van der Waals surface area contributed by atoms with Gasteiger partial charge >= 0.3 is 0 Å². The number of halogens is 1. The highest BCUT2D eigenvalue weighted by atomic mass is 35.5. The molecule has 5 heteroatoms. The largest absolute Gasteiger partial charge is 0.273 e. The number of thiophene rings is 1. The van der Waals surface area contributed by atoms with Crippen molar-refractivity contribution in [1.29, 1.82) is 0 Å². The molecule has 13 heavy (non-hydrogen) atoms. The summed E-state index contributed by atoms with van der Waals surface area (Å²) in [6.07, 6.45) is 0.382. The highest BCUT2D eigenvalue weighted by Gasteiger charge is 2.22. The van der Waals surface area contributed by atoms with Gasteiger partial charge in [-0.3, -0.25) is 4.79 Å². The third kappa shape index (κ3) is 1.59. The van der Waals surface area contributed by atoms with E-state index in [4.69, 9.17) is 11.6 Å². The fraction of sp³-hybridized carbons (Fsp3) is 0.250. The zero-order valence-electron chi connectivity index (χ0n) is 6.95. The monoisotopic (exact) mass is 214 g/mol. The van der Waals surface area contributed by atoms with Gasteiger partial charge in [-0.05, 0) is 12.1 Å². The van der Waals surface area contributed by atoms with Crippen LogP contribution in [0.4, 0.5) is 0 Å². The Balaban J connectivity index is 2.29. The average Bonchev–Trinajstić information content (AvgIpc) is 2.61. The predicted molar refractivity (Wildman–Crippen MR) is 53.3 cm³/mol. The van der Waals surface area contributed by atoms with Crippen molar-refractivity contribution in [3.8, 4) is 0 Å². The Hall–Kier alpha value is -0.870. The molecule has 0 saturated carbocycles. The Kier molecular flexibility index (Phi) is 2.09. The summed E-state index contributed by atoms with van der Waals surface area (Å²) in [5.74, 6) is 0.0273. The first-order valence-corrected chi connectivity index (χ1v) is 4.96. The number of rotatable bonds is 1. The van der Waals surface area contributed by atoms with E-state index in [0.717, 1.165) is 14.9 Å². The standard InChI is InChI=1S/C8H7ClN2OS/c1-11-8(12)4-5(10-11)6-2-3-7(9)13-6/h2-3H,4H2,1H3. The van der Waals surface area contributed by atoms with Crippen molar-refractivity contribution in [2.45, 2.75) is 6.42 Å². The highest BCUT2D eigenvalue weighted by Crippen LogP contribution is 2.25. The van der Waals surface area contributed by atoms with Crippen molar-refractivity contribution in [3.05, 3.63) is 21.3 Å². The number of hydrazone groups is 1. The van der Waals surface area contributed by atoms with Crippen LogP contribution in [-0.4, -0.2) is 23.7 Å². The molecule has 0 aliphatic carbocycles. The quantitative estimate of drug-likeness (QED) is 0.704. The van der Waals surface area contributed by atoms with Gasteiger partial charge in [-0.25, -0.2) is 5.01 Å². The van der Waals surface area contributed by atoms with Crippen molar-refractivity contribution in [3.63, 3.8) is 0 Å². The van der Waals surface area contributed by atoms with Crippen molar-refractivity contribution >= 4 is 34.6 Å². The molecule has 0 saturated heterocycles. The van der Waals surface area contributed by atoms with Crippen molar-refractivity contribution in [2.24, 2.45) is 5.10 Å². The van der Waals surface area contributed by atoms with E-state index < -0.39 is 0 Å². The summed E-state index contributed by atoms with van der Waals surface area (Å²) in [5, 5.41) is 5.47. The van der Waals surface area contributed by atoms with Crippen LogP contribution in [0.25, 0.3) is 0 Å². The van der Waals surface area contributed by atoms with Crippen molar-refractivity contribution in [2.75, 3.05) is 7.05 Å². The summed E-state index contributed by atoms with van der Waals surface area (Å²) in [5.41, 5.74) is 0.810. The van der Waals surface area contributed by atoms with Gasteiger partial charge in [-0.2, -0.15) is 5.10 Å². The maximum Gasteiger partial charge on any atom is 0.248 e. The van der Waals surface area contributed by atoms with Crippen LogP contribution in [0.15, 0.2) is 17.2 Å². The lowest BCUT2D eigenvalue weighted by Crippen LogP contribution is -2.13. The van der Waals surface area contributed by atoms with E-state index in [1.807, 2.05) is 12.1 Å². The van der Waals surface area contributed by atoms with E-state index in [1.165, 1.54) is 16.3 Å². The van der Waals surface area contributed by atoms with Crippen LogP contribution in [0.5, 0.6) is 0 Å². The van der Waals surface area contributed by atoms with Crippen molar-refractivity contribution < 1.29 is 4.79 Å². The van der Waals surface area contributed by atoms with E-state index in [0.29, 0.717) is 6.42 Å². The maximum absolute atomic E-state index is 11.1. The number of hydrogen-bond acceptors (Lipinski definition) is 3. The minimum atomic E-state index is 0.0273. The second-order valence-corrected chi connectivity index (χ2v) is 4.46. The lowest BCUT2D eigenvalue weighted by Gasteiger charge is -1.98. The summed E-state index contributed by atoms with van der Waals surface area (Å²) in [4.78, 5) is 12.1. The first kappa shape index (κ1) is 8.72. The molecule has 1 aliphatic rings. The van der Waals surface area contributed by atoms with Gasteiger partial charge < -0.3 is 0 Å². The lowest BCUT2D eigenvalue weighted by atomic mass is 10.2. The molecule has 1 aliphatic heterocycles. The molecular formula is C8H7ClN2OS. The van der Waals surface area contributed by atoms with Crippen molar-refractivity contribution in [1.82, 2.24) is 5.01 Å². The summed E-state index contributed by atoms with van der Waals surface area (Å²) < 4.78 is 0.722. The molecule has 68 valence electrons. The fourth-order valence-electron chi connectivity index (χ4n) is 1.14. The molecule has 0 unspecified atom stereocenters. The van der Waals surface area contributed by atoms with Crippen LogP contribution in [0.2, 0.25) is 4.34 Å². The predicted octanol–water partition coefficient (Wildman–Crippen LogP) is 1.97. The Morgan fingerprint density at radius 3 is 2.85 bits per heavy atom. The number of carbonyl (C=O) groups excluding carboxylic acids is 1. The van der Waals surface area contributed by atoms with Gasteiger partial charge in [0, 0.05) is 7.05 Å². The molecular weight excluding hydrogens is 208 g/mol. The van der Waals surface area contributed by atoms with Gasteiger partial charge in [0.15, 0.2) is 0 Å². The minimum Gasteiger partial charge on any atom is -0.273 e. The van der Waals surface area contributed by atoms with Gasteiger partial charge in [0.1, 0.15) is 0 Å². The average molecular weight is 215 g/mol. The number of hydrogen-bond donors (Lipinski definition) is 0. The minimum absolute atomic E-state index is 0.0273. The van der Waals surface area contributed by atoms with Crippen LogP contribution in [0.1, 0.15) is 11.3 Å². The molecule has 0 bridgehead atoms. The molecule has 0 N–H and O–H groups in total. The number of nitrogens with zero attached hydrogens (tertiary/aromatic N) is 2. The first-order chi connectivity index (χ1) is 6.16. The molecule has 1 amide bonds. The van der Waals surface area contributed by atoms with E-state index in [9.17, 15) is 4.79 Å². The van der Waals surface area contributed by atoms with Crippen LogP contribution >= 0.6 is 22.9 Å². The molecule has 2 rings (SSSR count). The van der Waals surface area contributed by atoms with Gasteiger partial charge in [0.25, 0.3) is 0 Å². The molecule has 0 radical (unpaired) electrons. The SMILES string of the molecule is CN1N=C(c2ccc(Cl)s2)CC1=O. The maximum atomic E-state index is 11.1. The van der Waals surface area contributed by atoms with E-state index >= 15 is 0 Å². The lowest BCUT2D eigenvalue weighted by molar-refractivity contribution is -0.127. The van der Waals surface area contributed by atoms with Gasteiger partial charge in [-0.15, -0.1) is 11.3 Å². The van der Waals surface area contributed by atoms with Gasteiger partial charge in [0.05, 0.1) is 21.3 Å². The molecule has 0 spiro atoms. The van der Waals surface area contributed by atoms with Crippen LogP contribution in [0, 0.1) is 0 Å². The third-order valence-corrected chi connectivity index (χ3v) is 3.09. The first-order valence-electron chi connectivity index (χ1n) is 3.76. The normalized spacial score (nSPS) is 16.6. The fourth-order valence-corrected chi connectivity index (χ4v) is 2.16. The summed E-state index contributed by atoms with van der Waals surface area (Å²) in [7, 11) is 1.66. The molecule has 0 fully saturated rings. The summed E-state index contributed by atoms with van der Waals surface area (Å²) in [6.45, 7) is 0.